The highest BCUT2D eigenvalue weighted by atomic mass is 32.2. The summed E-state index contributed by atoms with van der Waals surface area (Å²) in [4.78, 5) is 24.3. The van der Waals surface area contributed by atoms with Crippen molar-refractivity contribution in [3.05, 3.63) is 40.3 Å². The molecule has 1 fully saturated rings. The maximum atomic E-state index is 12.0. The summed E-state index contributed by atoms with van der Waals surface area (Å²) in [6.45, 7) is 1.57. The zero-order chi connectivity index (χ0) is 14.0. The summed E-state index contributed by atoms with van der Waals surface area (Å²) in [7, 11) is 0. The number of hydrogen-bond donors (Lipinski definition) is 1. The van der Waals surface area contributed by atoms with Crippen LogP contribution in [0.3, 0.4) is 0 Å². The molecule has 1 aliphatic rings. The van der Waals surface area contributed by atoms with Crippen molar-refractivity contribution in [2.24, 2.45) is 0 Å². The number of aryl methyl sites for hydroxylation is 1. The molecule has 4 nitrogen and oxygen atoms in total. The second kappa shape index (κ2) is 5.54. The third-order valence-electron chi connectivity index (χ3n) is 2.51. The van der Waals surface area contributed by atoms with Gasteiger partial charge in [0.25, 0.3) is 5.91 Å². The maximum absolute atomic E-state index is 12.0. The first-order valence-corrected chi connectivity index (χ1v) is 6.73. The molecule has 98 valence electrons. The summed E-state index contributed by atoms with van der Waals surface area (Å²) < 4.78 is 0.284. The first-order valence-electron chi connectivity index (χ1n) is 5.51. The van der Waals surface area contributed by atoms with E-state index < -0.39 is 12.5 Å². The summed E-state index contributed by atoms with van der Waals surface area (Å²) in [6, 6.07) is 7.70. The van der Waals surface area contributed by atoms with Crippen LogP contribution in [0, 0.1) is 6.92 Å². The van der Waals surface area contributed by atoms with Gasteiger partial charge in [-0.15, -0.1) is 0 Å². The zero-order valence-corrected chi connectivity index (χ0v) is 11.8. The molecule has 0 atom stereocenters. The van der Waals surface area contributed by atoms with Crippen molar-refractivity contribution in [1.82, 2.24) is 4.90 Å². The summed E-state index contributed by atoms with van der Waals surface area (Å²) in [5.74, 6) is -1.42. The smallest absolute Gasteiger partial charge is 0.323 e. The number of aliphatic carboxylic acids is 1. The molecule has 6 heteroatoms. The highest BCUT2D eigenvalue weighted by Crippen LogP contribution is 2.32. The Bertz CT molecular complexity index is 595. The lowest BCUT2D eigenvalue weighted by Gasteiger charge is -2.10. The van der Waals surface area contributed by atoms with E-state index >= 15 is 0 Å². The number of carbonyl (C=O) groups excluding carboxylic acids is 1. The SMILES string of the molecule is Cc1cccc(C=C2SC(=S)N(CC(=O)O)C2=O)c1. The van der Waals surface area contributed by atoms with Crippen molar-refractivity contribution in [1.29, 1.82) is 0 Å². The van der Waals surface area contributed by atoms with Gasteiger partial charge in [0, 0.05) is 0 Å². The van der Waals surface area contributed by atoms with E-state index in [1.807, 2.05) is 31.2 Å². The van der Waals surface area contributed by atoms with Crippen LogP contribution in [0.5, 0.6) is 0 Å². The number of amides is 1. The number of thioether (sulfide) groups is 1. The number of hydrogen-bond acceptors (Lipinski definition) is 4. The molecule has 1 aromatic rings. The summed E-state index contributed by atoms with van der Waals surface area (Å²) in [5.41, 5.74) is 1.99. The Morgan fingerprint density at radius 3 is 2.89 bits per heavy atom. The second-order valence-electron chi connectivity index (χ2n) is 4.08. The molecule has 0 spiro atoms. The fourth-order valence-electron chi connectivity index (χ4n) is 1.68. The standard InChI is InChI=1S/C13H11NO3S2/c1-8-3-2-4-9(5-8)6-10-12(17)14(7-11(15)16)13(18)19-10/h2-6H,7H2,1H3,(H,15,16). The molecule has 0 radical (unpaired) electrons. The van der Waals surface area contributed by atoms with Crippen LogP contribution in [-0.4, -0.2) is 32.7 Å². The average molecular weight is 293 g/mol. The van der Waals surface area contributed by atoms with Gasteiger partial charge in [-0.25, -0.2) is 0 Å². The van der Waals surface area contributed by atoms with Gasteiger partial charge < -0.3 is 5.11 Å². The molecule has 1 amide bonds. The lowest BCUT2D eigenvalue weighted by atomic mass is 10.1. The molecule has 2 rings (SSSR count). The Balaban J connectivity index is 2.25. The average Bonchev–Trinajstić information content (AvgIpc) is 2.57. The molecule has 19 heavy (non-hydrogen) atoms. The minimum Gasteiger partial charge on any atom is -0.480 e. The minimum absolute atomic E-state index is 0.284. The third kappa shape index (κ3) is 3.21. The molecular weight excluding hydrogens is 282 g/mol. The summed E-state index contributed by atoms with van der Waals surface area (Å²) in [5, 5.41) is 8.74. The van der Waals surface area contributed by atoms with Gasteiger partial charge in [-0.1, -0.05) is 53.8 Å². The van der Waals surface area contributed by atoms with Gasteiger partial charge in [0.2, 0.25) is 0 Å². The molecule has 0 unspecified atom stereocenters. The highest BCUT2D eigenvalue weighted by Gasteiger charge is 2.33. The molecule has 1 aliphatic heterocycles. The molecule has 1 saturated heterocycles. The first-order chi connectivity index (χ1) is 8.97. The number of carboxylic acid groups (broad SMARTS) is 1. The fourth-order valence-corrected chi connectivity index (χ4v) is 2.94. The van der Waals surface area contributed by atoms with Crippen LogP contribution in [0.4, 0.5) is 0 Å². The zero-order valence-electron chi connectivity index (χ0n) is 10.1. The van der Waals surface area contributed by atoms with Gasteiger partial charge in [-0.3, -0.25) is 14.5 Å². The van der Waals surface area contributed by atoms with E-state index in [0.717, 1.165) is 27.8 Å². The lowest BCUT2D eigenvalue weighted by molar-refractivity contribution is -0.140. The van der Waals surface area contributed by atoms with Crippen LogP contribution in [0.1, 0.15) is 11.1 Å². The predicted molar refractivity (Wildman–Crippen MR) is 78.7 cm³/mol. The molecule has 1 heterocycles. The fraction of sp³-hybridized carbons (Fsp3) is 0.154. The molecule has 1 N–H and O–H groups in total. The van der Waals surface area contributed by atoms with Gasteiger partial charge >= 0.3 is 5.97 Å². The van der Waals surface area contributed by atoms with Crippen LogP contribution in [0.25, 0.3) is 6.08 Å². The van der Waals surface area contributed by atoms with E-state index in [0.29, 0.717) is 4.91 Å². The van der Waals surface area contributed by atoms with Crippen molar-refractivity contribution in [3.8, 4) is 0 Å². The van der Waals surface area contributed by atoms with Crippen molar-refractivity contribution in [3.63, 3.8) is 0 Å². The Morgan fingerprint density at radius 2 is 2.26 bits per heavy atom. The van der Waals surface area contributed by atoms with Gasteiger partial charge in [0.15, 0.2) is 0 Å². The Kier molecular flexibility index (Phi) is 4.01. The second-order valence-corrected chi connectivity index (χ2v) is 5.75. The lowest BCUT2D eigenvalue weighted by Crippen LogP contribution is -2.33. The van der Waals surface area contributed by atoms with Gasteiger partial charge in [0.1, 0.15) is 10.9 Å². The van der Waals surface area contributed by atoms with Gasteiger partial charge in [-0.2, -0.15) is 0 Å². The number of rotatable bonds is 3. The number of nitrogens with zero attached hydrogens (tertiary/aromatic N) is 1. The van der Waals surface area contributed by atoms with E-state index in [4.69, 9.17) is 17.3 Å². The summed E-state index contributed by atoms with van der Waals surface area (Å²) in [6.07, 6.45) is 1.73. The van der Waals surface area contributed by atoms with E-state index in [-0.39, 0.29) is 10.2 Å². The van der Waals surface area contributed by atoms with Crippen LogP contribution in [0.2, 0.25) is 0 Å². The van der Waals surface area contributed by atoms with E-state index in [1.165, 1.54) is 0 Å². The Hall–Kier alpha value is -1.66. The largest absolute Gasteiger partial charge is 0.480 e. The first kappa shape index (κ1) is 13.8. The third-order valence-corrected chi connectivity index (χ3v) is 3.88. The van der Waals surface area contributed by atoms with E-state index in [2.05, 4.69) is 0 Å². The quantitative estimate of drug-likeness (QED) is 0.684. The Labute approximate surface area is 120 Å². The van der Waals surface area contributed by atoms with Crippen LogP contribution >= 0.6 is 24.0 Å². The number of benzene rings is 1. The van der Waals surface area contributed by atoms with Crippen LogP contribution in [-0.2, 0) is 9.59 Å². The minimum atomic E-state index is -1.08. The van der Waals surface area contributed by atoms with Crippen molar-refractivity contribution < 1.29 is 14.7 Å². The molecule has 0 saturated carbocycles. The molecule has 0 bridgehead atoms. The highest BCUT2D eigenvalue weighted by molar-refractivity contribution is 8.26. The van der Waals surface area contributed by atoms with Crippen molar-refractivity contribution >= 4 is 46.3 Å². The monoisotopic (exact) mass is 293 g/mol. The maximum Gasteiger partial charge on any atom is 0.323 e. The Morgan fingerprint density at radius 1 is 1.53 bits per heavy atom. The normalized spacial score (nSPS) is 17.3. The molecular formula is C13H11NO3S2. The van der Waals surface area contributed by atoms with Gasteiger partial charge in [-0.05, 0) is 18.6 Å². The number of carboxylic acids is 1. The number of carbonyl (C=O) groups is 2. The van der Waals surface area contributed by atoms with Crippen molar-refractivity contribution in [2.75, 3.05) is 6.54 Å². The van der Waals surface area contributed by atoms with Crippen LogP contribution in [0.15, 0.2) is 29.2 Å². The molecule has 0 aromatic heterocycles. The van der Waals surface area contributed by atoms with E-state index in [9.17, 15) is 9.59 Å². The topological polar surface area (TPSA) is 57.6 Å². The van der Waals surface area contributed by atoms with Gasteiger partial charge in [0.05, 0.1) is 4.91 Å². The van der Waals surface area contributed by atoms with E-state index in [1.54, 1.807) is 6.08 Å². The predicted octanol–water partition coefficient (Wildman–Crippen LogP) is 2.28. The molecule has 1 aromatic carbocycles. The summed E-state index contributed by atoms with van der Waals surface area (Å²) >= 11 is 6.15. The van der Waals surface area contributed by atoms with Crippen molar-refractivity contribution in [2.45, 2.75) is 6.92 Å². The number of thiocarbonyl (C=S) groups is 1. The van der Waals surface area contributed by atoms with Crippen LogP contribution < -0.4 is 0 Å². The molecule has 0 aliphatic carbocycles.